The Hall–Kier alpha value is -2.46. The molecular weight excluding hydrogens is 287 g/mol. The van der Waals surface area contributed by atoms with Crippen LogP contribution in [0.5, 0.6) is 5.75 Å². The van der Waals surface area contributed by atoms with Crippen LogP contribution in [0.4, 0.5) is 0 Å². The number of furan rings is 1. The second-order valence-electron chi connectivity index (χ2n) is 5.76. The van der Waals surface area contributed by atoms with Gasteiger partial charge >= 0.3 is 7.69 Å². The van der Waals surface area contributed by atoms with E-state index in [1.54, 1.807) is 0 Å². The molecule has 23 heavy (non-hydrogen) atoms. The normalized spacial score (nSPS) is 11.4. The minimum Gasteiger partial charge on any atom is -0.536 e. The van der Waals surface area contributed by atoms with E-state index in [1.165, 1.54) is 5.56 Å². The Bertz CT molecular complexity index is 1000. The van der Waals surface area contributed by atoms with Crippen molar-refractivity contribution in [2.45, 2.75) is 19.8 Å². The van der Waals surface area contributed by atoms with Crippen molar-refractivity contribution in [3.8, 4) is 5.75 Å². The molecular formula is C19H17BO3. The van der Waals surface area contributed by atoms with Crippen molar-refractivity contribution in [2.24, 2.45) is 0 Å². The van der Waals surface area contributed by atoms with Gasteiger partial charge in [-0.25, -0.2) is 0 Å². The first kappa shape index (κ1) is 14.2. The summed E-state index contributed by atoms with van der Waals surface area (Å²) in [6.07, 6.45) is 2.17. The molecule has 1 aromatic heterocycles. The van der Waals surface area contributed by atoms with Crippen molar-refractivity contribution in [1.82, 2.24) is 0 Å². The van der Waals surface area contributed by atoms with Gasteiger partial charge in [0.1, 0.15) is 11.3 Å². The predicted molar refractivity (Wildman–Crippen MR) is 95.2 cm³/mol. The fraction of sp³-hybridized carbons (Fsp3) is 0.158. The zero-order valence-electron chi connectivity index (χ0n) is 13.0. The van der Waals surface area contributed by atoms with Crippen molar-refractivity contribution < 1.29 is 14.1 Å². The number of para-hydroxylation sites is 1. The first-order chi connectivity index (χ1) is 11.3. The van der Waals surface area contributed by atoms with Crippen LogP contribution in [0.2, 0.25) is 0 Å². The summed E-state index contributed by atoms with van der Waals surface area (Å²) in [5.41, 5.74) is 2.83. The summed E-state index contributed by atoms with van der Waals surface area (Å²) in [6.45, 7) is 2.18. The maximum Gasteiger partial charge on any atom is 0.504 e. The number of benzene rings is 3. The van der Waals surface area contributed by atoms with Crippen LogP contribution in [0.25, 0.3) is 32.7 Å². The van der Waals surface area contributed by atoms with E-state index in [4.69, 9.17) is 9.07 Å². The molecule has 0 spiro atoms. The Kier molecular flexibility index (Phi) is 3.47. The predicted octanol–water partition coefficient (Wildman–Crippen LogP) is 4.33. The zero-order chi connectivity index (χ0) is 15.8. The lowest BCUT2D eigenvalue weighted by Crippen LogP contribution is -2.00. The van der Waals surface area contributed by atoms with Crippen molar-refractivity contribution in [1.29, 1.82) is 0 Å². The summed E-state index contributed by atoms with van der Waals surface area (Å²) in [7, 11) is -0.369. The van der Waals surface area contributed by atoms with Crippen LogP contribution in [0.3, 0.4) is 0 Å². The first-order valence-corrected chi connectivity index (χ1v) is 7.92. The maximum absolute atomic E-state index is 9.20. The Balaban J connectivity index is 2.12. The molecule has 0 amide bonds. The van der Waals surface area contributed by atoms with Gasteiger partial charge in [-0.2, -0.15) is 0 Å². The van der Waals surface area contributed by atoms with Crippen LogP contribution < -0.4 is 4.65 Å². The van der Waals surface area contributed by atoms with Gasteiger partial charge in [-0.3, -0.25) is 0 Å². The summed E-state index contributed by atoms with van der Waals surface area (Å²) in [5, 5.41) is 13.6. The molecule has 3 aromatic carbocycles. The Morgan fingerprint density at radius 1 is 1.09 bits per heavy atom. The standard InChI is InChI=1S/C19H17BO3/c1-2-5-12-8-9-14-13(10-12)11-17(23-20-21)19-18(14)15-6-3-4-7-16(15)22-19/h3-4,6-11,20-21H,2,5H2,1H3. The highest BCUT2D eigenvalue weighted by atomic mass is 16.5. The van der Waals surface area contributed by atoms with Gasteiger partial charge in [0.05, 0.1) is 0 Å². The Morgan fingerprint density at radius 3 is 2.78 bits per heavy atom. The van der Waals surface area contributed by atoms with E-state index in [9.17, 15) is 5.02 Å². The molecule has 0 saturated carbocycles. The molecule has 3 nitrogen and oxygen atoms in total. The fourth-order valence-corrected chi connectivity index (χ4v) is 3.27. The molecule has 0 bridgehead atoms. The summed E-state index contributed by atoms with van der Waals surface area (Å²) >= 11 is 0. The average molecular weight is 304 g/mol. The van der Waals surface area contributed by atoms with Crippen LogP contribution in [-0.4, -0.2) is 12.7 Å². The summed E-state index contributed by atoms with van der Waals surface area (Å²) < 4.78 is 11.4. The molecule has 0 aliphatic rings. The third kappa shape index (κ3) is 2.26. The number of fused-ring (bicyclic) bond motifs is 5. The third-order valence-electron chi connectivity index (χ3n) is 4.25. The molecule has 0 aliphatic carbocycles. The lowest BCUT2D eigenvalue weighted by Gasteiger charge is -2.08. The Labute approximate surface area is 134 Å². The lowest BCUT2D eigenvalue weighted by atomic mass is 9.99. The van der Waals surface area contributed by atoms with Gasteiger partial charge in [-0.1, -0.05) is 49.7 Å². The lowest BCUT2D eigenvalue weighted by molar-refractivity contribution is 0.451. The quantitative estimate of drug-likeness (QED) is 0.571. The van der Waals surface area contributed by atoms with Gasteiger partial charge in [0.15, 0.2) is 5.58 Å². The molecule has 0 fully saturated rings. The van der Waals surface area contributed by atoms with E-state index in [1.807, 2.05) is 24.3 Å². The van der Waals surface area contributed by atoms with Crippen LogP contribution in [-0.2, 0) is 6.42 Å². The number of rotatable bonds is 4. The van der Waals surface area contributed by atoms with Crippen LogP contribution in [0.15, 0.2) is 52.9 Å². The van der Waals surface area contributed by atoms with E-state index in [-0.39, 0.29) is 7.69 Å². The van der Waals surface area contributed by atoms with Crippen LogP contribution in [0.1, 0.15) is 18.9 Å². The molecule has 0 unspecified atom stereocenters. The van der Waals surface area contributed by atoms with Gasteiger partial charge in [-0.05, 0) is 34.9 Å². The molecule has 4 rings (SSSR count). The highest BCUT2D eigenvalue weighted by Gasteiger charge is 2.15. The molecule has 4 aromatic rings. The van der Waals surface area contributed by atoms with Gasteiger partial charge in [-0.15, -0.1) is 0 Å². The van der Waals surface area contributed by atoms with E-state index in [0.717, 1.165) is 40.0 Å². The molecule has 0 radical (unpaired) electrons. The van der Waals surface area contributed by atoms with Crippen molar-refractivity contribution in [3.63, 3.8) is 0 Å². The third-order valence-corrected chi connectivity index (χ3v) is 4.25. The van der Waals surface area contributed by atoms with Gasteiger partial charge in [0.25, 0.3) is 0 Å². The van der Waals surface area contributed by atoms with Gasteiger partial charge in [0, 0.05) is 10.8 Å². The minimum atomic E-state index is -0.369. The van der Waals surface area contributed by atoms with E-state index in [0.29, 0.717) is 11.3 Å². The average Bonchev–Trinajstić information content (AvgIpc) is 2.95. The van der Waals surface area contributed by atoms with Crippen molar-refractivity contribution in [2.75, 3.05) is 0 Å². The maximum atomic E-state index is 9.20. The van der Waals surface area contributed by atoms with E-state index in [2.05, 4.69) is 31.2 Å². The minimum absolute atomic E-state index is 0.369. The van der Waals surface area contributed by atoms with Crippen molar-refractivity contribution in [3.05, 3.63) is 54.1 Å². The zero-order valence-corrected chi connectivity index (χ0v) is 13.0. The molecule has 1 heterocycles. The highest BCUT2D eigenvalue weighted by Crippen LogP contribution is 2.40. The molecule has 114 valence electrons. The van der Waals surface area contributed by atoms with E-state index >= 15 is 0 Å². The second kappa shape index (κ2) is 5.63. The second-order valence-corrected chi connectivity index (χ2v) is 5.76. The van der Waals surface area contributed by atoms with Crippen LogP contribution >= 0.6 is 0 Å². The smallest absolute Gasteiger partial charge is 0.504 e. The topological polar surface area (TPSA) is 42.6 Å². The van der Waals surface area contributed by atoms with Crippen molar-refractivity contribution >= 4 is 40.4 Å². The summed E-state index contributed by atoms with van der Waals surface area (Å²) in [4.78, 5) is 0. The first-order valence-electron chi connectivity index (χ1n) is 7.92. The summed E-state index contributed by atoms with van der Waals surface area (Å²) in [6, 6.07) is 16.5. The SMILES string of the molecule is CCCc1ccc2c(c1)cc(OBO)c1oc3ccccc3c12. The summed E-state index contributed by atoms with van der Waals surface area (Å²) in [5.74, 6) is 0.583. The monoisotopic (exact) mass is 304 g/mol. The molecule has 0 aliphatic heterocycles. The van der Waals surface area contributed by atoms with Gasteiger partial charge in [0.2, 0.25) is 0 Å². The number of hydrogen-bond acceptors (Lipinski definition) is 3. The number of aryl methyl sites for hydroxylation is 1. The van der Waals surface area contributed by atoms with Crippen LogP contribution in [0, 0.1) is 0 Å². The van der Waals surface area contributed by atoms with E-state index < -0.39 is 0 Å². The molecule has 0 saturated heterocycles. The Morgan fingerprint density at radius 2 is 1.96 bits per heavy atom. The largest absolute Gasteiger partial charge is 0.536 e. The fourth-order valence-electron chi connectivity index (χ4n) is 3.27. The molecule has 0 atom stereocenters. The van der Waals surface area contributed by atoms with Gasteiger partial charge < -0.3 is 14.1 Å². The highest BCUT2D eigenvalue weighted by molar-refractivity contribution is 6.23. The molecule has 4 heteroatoms. The molecule has 1 N–H and O–H groups in total. The number of hydrogen-bond donors (Lipinski definition) is 1.